The van der Waals surface area contributed by atoms with Gasteiger partial charge in [0.2, 0.25) is 0 Å². The number of benzene rings is 1. The molecule has 0 fully saturated rings. The number of thiophene rings is 1. The molecule has 1 aromatic carbocycles. The molecule has 2 N–H and O–H groups in total. The summed E-state index contributed by atoms with van der Waals surface area (Å²) in [5.74, 6) is -0.245. The molecular weight excluding hydrogens is 299 g/mol. The van der Waals surface area contributed by atoms with Crippen molar-refractivity contribution in [3.63, 3.8) is 0 Å². The van der Waals surface area contributed by atoms with Gasteiger partial charge in [0.25, 0.3) is 0 Å². The zero-order valence-electron chi connectivity index (χ0n) is 13.4. The Bertz CT molecular complexity index is 611. The van der Waals surface area contributed by atoms with Gasteiger partial charge in [-0.25, -0.2) is 4.39 Å². The molecule has 0 saturated heterocycles. The van der Waals surface area contributed by atoms with Crippen LogP contribution in [-0.4, -0.2) is 25.7 Å². The Morgan fingerprint density at radius 1 is 1.36 bits per heavy atom. The molecule has 0 amide bonds. The highest BCUT2D eigenvalue weighted by atomic mass is 32.1. The molecule has 3 nitrogen and oxygen atoms in total. The number of nitrogens with one attached hydrogen (secondary N) is 1. The number of hydrogen-bond acceptors (Lipinski definition) is 4. The van der Waals surface area contributed by atoms with Crippen LogP contribution in [0.25, 0.3) is 0 Å². The maximum Gasteiger partial charge on any atom is 0.125 e. The topological polar surface area (TPSA) is 35.5 Å². The molecule has 2 aromatic rings. The molecule has 0 aliphatic carbocycles. The lowest BCUT2D eigenvalue weighted by molar-refractivity contribution is 0.0581. The summed E-state index contributed by atoms with van der Waals surface area (Å²) in [6, 6.07) is 8.66. The van der Waals surface area contributed by atoms with Crippen LogP contribution in [0, 0.1) is 5.82 Å². The third-order valence-corrected chi connectivity index (χ3v) is 4.87. The third kappa shape index (κ3) is 3.85. The van der Waals surface area contributed by atoms with E-state index in [0.29, 0.717) is 6.54 Å². The Hall–Kier alpha value is -1.43. The molecule has 0 aliphatic rings. The summed E-state index contributed by atoms with van der Waals surface area (Å²) < 4.78 is 13.4. The van der Waals surface area contributed by atoms with Crippen LogP contribution in [0.15, 0.2) is 35.7 Å². The minimum atomic E-state index is -0.916. The van der Waals surface area contributed by atoms with Gasteiger partial charge in [0.1, 0.15) is 11.4 Å². The van der Waals surface area contributed by atoms with E-state index in [-0.39, 0.29) is 11.9 Å². The van der Waals surface area contributed by atoms with Gasteiger partial charge in [-0.05, 0) is 43.0 Å². The lowest BCUT2D eigenvalue weighted by Crippen LogP contribution is -2.36. The molecule has 1 heterocycles. The Morgan fingerprint density at radius 2 is 2.09 bits per heavy atom. The number of halogens is 1. The van der Waals surface area contributed by atoms with Crippen molar-refractivity contribution in [1.29, 1.82) is 0 Å². The fourth-order valence-electron chi connectivity index (χ4n) is 2.40. The van der Waals surface area contributed by atoms with Gasteiger partial charge in [-0.1, -0.05) is 12.1 Å². The van der Waals surface area contributed by atoms with Crippen molar-refractivity contribution < 1.29 is 9.50 Å². The monoisotopic (exact) mass is 322 g/mol. The van der Waals surface area contributed by atoms with Crippen molar-refractivity contribution in [3.8, 4) is 0 Å². The third-order valence-electron chi connectivity index (χ3n) is 3.75. The molecule has 2 atom stereocenters. The van der Waals surface area contributed by atoms with Crippen molar-refractivity contribution in [1.82, 2.24) is 5.32 Å². The zero-order chi connectivity index (χ0) is 16.3. The van der Waals surface area contributed by atoms with Crippen molar-refractivity contribution in [2.24, 2.45) is 0 Å². The molecule has 5 heteroatoms. The highest BCUT2D eigenvalue weighted by molar-refractivity contribution is 7.10. The van der Waals surface area contributed by atoms with Crippen LogP contribution in [0.3, 0.4) is 0 Å². The van der Waals surface area contributed by atoms with E-state index in [1.165, 1.54) is 23.5 Å². The number of rotatable bonds is 6. The molecule has 22 heavy (non-hydrogen) atoms. The summed E-state index contributed by atoms with van der Waals surface area (Å²) in [6.45, 7) is 4.25. The summed E-state index contributed by atoms with van der Waals surface area (Å²) in [4.78, 5) is 2.83. The van der Waals surface area contributed by atoms with Gasteiger partial charge in [0.15, 0.2) is 0 Å². The minimum Gasteiger partial charge on any atom is -0.383 e. The number of aliphatic hydroxyl groups is 1. The highest BCUT2D eigenvalue weighted by Crippen LogP contribution is 2.28. The van der Waals surface area contributed by atoms with E-state index in [4.69, 9.17) is 0 Å². The fourth-order valence-corrected chi connectivity index (χ4v) is 3.19. The Morgan fingerprint density at radius 3 is 2.68 bits per heavy atom. The molecule has 0 bridgehead atoms. The second kappa shape index (κ2) is 6.77. The van der Waals surface area contributed by atoms with Crippen LogP contribution in [0.5, 0.6) is 0 Å². The van der Waals surface area contributed by atoms with E-state index in [0.717, 1.165) is 16.1 Å². The van der Waals surface area contributed by atoms with Crippen LogP contribution in [0.1, 0.15) is 30.3 Å². The van der Waals surface area contributed by atoms with Gasteiger partial charge in [0.05, 0.1) is 0 Å². The van der Waals surface area contributed by atoms with E-state index in [1.807, 2.05) is 43.4 Å². The van der Waals surface area contributed by atoms with Gasteiger partial charge < -0.3 is 15.3 Å². The molecular formula is C17H23FN2OS. The second-order valence-electron chi connectivity index (χ2n) is 5.95. The van der Waals surface area contributed by atoms with Crippen molar-refractivity contribution in [3.05, 3.63) is 52.0 Å². The first kappa shape index (κ1) is 16.9. The molecule has 2 unspecified atom stereocenters. The summed E-state index contributed by atoms with van der Waals surface area (Å²) in [7, 11) is 3.79. The summed E-state index contributed by atoms with van der Waals surface area (Å²) in [6.07, 6.45) is 0. The van der Waals surface area contributed by atoms with Gasteiger partial charge in [-0.15, -0.1) is 11.3 Å². The first-order chi connectivity index (χ1) is 10.3. The lowest BCUT2D eigenvalue weighted by atomic mass is 10.0. The van der Waals surface area contributed by atoms with Crippen molar-refractivity contribution in [2.45, 2.75) is 25.5 Å². The quantitative estimate of drug-likeness (QED) is 0.854. The molecule has 1 aromatic heterocycles. The van der Waals surface area contributed by atoms with Crippen molar-refractivity contribution in [2.75, 3.05) is 25.5 Å². The number of nitrogens with zero attached hydrogens (tertiary/aromatic N) is 1. The fraction of sp³-hybridized carbons (Fsp3) is 0.412. The molecule has 0 radical (unpaired) electrons. The standard InChI is InChI=1S/C17H23FN2OS/c1-12(14-8-7-13(18)10-15(14)20(3)4)19-11-17(2,21)16-6-5-9-22-16/h5-10,12,19,21H,11H2,1-4H3. The van der Waals surface area contributed by atoms with Crippen LogP contribution >= 0.6 is 11.3 Å². The second-order valence-corrected chi connectivity index (χ2v) is 6.90. The molecule has 120 valence electrons. The van der Waals surface area contributed by atoms with E-state index >= 15 is 0 Å². The zero-order valence-corrected chi connectivity index (χ0v) is 14.2. The van der Waals surface area contributed by atoms with Crippen LogP contribution in [0.2, 0.25) is 0 Å². The van der Waals surface area contributed by atoms with Crippen LogP contribution < -0.4 is 10.2 Å². The first-order valence-electron chi connectivity index (χ1n) is 7.28. The van der Waals surface area contributed by atoms with E-state index < -0.39 is 5.60 Å². The normalized spacial score (nSPS) is 15.4. The van der Waals surface area contributed by atoms with Gasteiger partial charge in [0, 0.05) is 37.2 Å². The first-order valence-corrected chi connectivity index (χ1v) is 8.16. The predicted molar refractivity (Wildman–Crippen MR) is 91.0 cm³/mol. The van der Waals surface area contributed by atoms with Gasteiger partial charge in [-0.3, -0.25) is 0 Å². The largest absolute Gasteiger partial charge is 0.383 e. The highest BCUT2D eigenvalue weighted by Gasteiger charge is 2.25. The van der Waals surface area contributed by atoms with Crippen LogP contribution in [-0.2, 0) is 5.60 Å². The molecule has 0 aliphatic heterocycles. The van der Waals surface area contributed by atoms with Crippen LogP contribution in [0.4, 0.5) is 10.1 Å². The molecule has 0 saturated carbocycles. The molecule has 2 rings (SSSR count). The van der Waals surface area contributed by atoms with Gasteiger partial charge in [-0.2, -0.15) is 0 Å². The summed E-state index contributed by atoms with van der Waals surface area (Å²) in [5.41, 5.74) is 0.935. The average molecular weight is 322 g/mol. The van der Waals surface area contributed by atoms with Crippen molar-refractivity contribution >= 4 is 17.0 Å². The minimum absolute atomic E-state index is 0.00411. The average Bonchev–Trinajstić information content (AvgIpc) is 2.99. The Labute approximate surface area is 135 Å². The Kier molecular flexibility index (Phi) is 5.21. The van der Waals surface area contributed by atoms with E-state index in [9.17, 15) is 9.50 Å². The maximum atomic E-state index is 13.4. The summed E-state index contributed by atoms with van der Waals surface area (Å²) >= 11 is 1.54. The molecule has 0 spiro atoms. The number of hydrogen-bond donors (Lipinski definition) is 2. The van der Waals surface area contributed by atoms with E-state index in [2.05, 4.69) is 5.32 Å². The SMILES string of the molecule is CC(NCC(C)(O)c1cccs1)c1ccc(F)cc1N(C)C. The Balaban J connectivity index is 2.11. The summed E-state index contributed by atoms with van der Waals surface area (Å²) in [5, 5.41) is 15.9. The van der Waals surface area contributed by atoms with Gasteiger partial charge >= 0.3 is 0 Å². The smallest absolute Gasteiger partial charge is 0.125 e. The lowest BCUT2D eigenvalue weighted by Gasteiger charge is -2.27. The number of anilines is 1. The predicted octanol–water partition coefficient (Wildman–Crippen LogP) is 3.51. The van der Waals surface area contributed by atoms with E-state index in [1.54, 1.807) is 13.0 Å². The maximum absolute atomic E-state index is 13.4.